The highest BCUT2D eigenvalue weighted by Gasteiger charge is 2.52. The number of para-hydroxylation sites is 2. The maximum atomic E-state index is 6.09. The first-order valence-corrected chi connectivity index (χ1v) is 29.4. The van der Waals surface area contributed by atoms with E-state index in [1.165, 1.54) is 58.0 Å². The summed E-state index contributed by atoms with van der Waals surface area (Å²) in [6, 6.07) is 113. The molecule has 0 amide bonds. The lowest BCUT2D eigenvalue weighted by atomic mass is 10.3. The average molecular weight is 971 g/mol. The van der Waals surface area contributed by atoms with Crippen molar-refractivity contribution in [3.8, 4) is 0 Å². The zero-order valence-corrected chi connectivity index (χ0v) is 42.1. The van der Waals surface area contributed by atoms with E-state index in [9.17, 15) is 0 Å². The molecule has 0 saturated heterocycles. The van der Waals surface area contributed by atoms with Crippen molar-refractivity contribution in [3.05, 3.63) is 314 Å². The van der Waals surface area contributed by atoms with E-state index in [2.05, 4.69) is 308 Å². The summed E-state index contributed by atoms with van der Waals surface area (Å²) in [4.78, 5) is 8.75. The first-order valence-electron chi connectivity index (χ1n) is 23.6. The molecule has 1 aliphatic rings. The lowest BCUT2D eigenvalue weighted by Gasteiger charge is -2.39. The zero-order chi connectivity index (χ0) is 47.0. The summed E-state index contributed by atoms with van der Waals surface area (Å²) in [5.74, 6) is 0.983. The second-order valence-electron chi connectivity index (χ2n) is 16.8. The highest BCUT2D eigenvalue weighted by molar-refractivity contribution is 8.12. The normalized spacial score (nSPS) is 13.9. The number of nitrogens with zero attached hydrogens (tertiary/aromatic N) is 2. The molecule has 11 rings (SSSR count). The van der Waals surface area contributed by atoms with Crippen LogP contribution in [0.5, 0.6) is 0 Å². The van der Waals surface area contributed by atoms with E-state index in [1.54, 1.807) is 0 Å². The molecule has 10 aromatic carbocycles. The SMILES string of the molecule is c1ccc(N=C2C(P(c3ccccc3)c3ccccc3)=P(c3ccccc3)(c3ccccc3)C(=C(P(c3ccccc3)c3ccccc3)P(c3ccccc3)c3ccccc3)N2c2ccccc2)cc1. The molecule has 336 valence electrons. The van der Waals surface area contributed by atoms with Crippen LogP contribution in [0.2, 0.25) is 0 Å². The van der Waals surface area contributed by atoms with Crippen molar-refractivity contribution in [1.82, 2.24) is 0 Å². The predicted octanol–water partition coefficient (Wildman–Crippen LogP) is 13.6. The van der Waals surface area contributed by atoms with Gasteiger partial charge < -0.3 is 0 Å². The maximum Gasteiger partial charge on any atom is 0.147 e. The molecule has 0 aliphatic carbocycles. The number of rotatable bonds is 13. The van der Waals surface area contributed by atoms with Gasteiger partial charge in [-0.3, -0.25) is 4.90 Å². The van der Waals surface area contributed by atoms with Gasteiger partial charge in [0.1, 0.15) is 5.84 Å². The molecule has 0 bridgehead atoms. The van der Waals surface area contributed by atoms with Gasteiger partial charge in [0.2, 0.25) is 0 Å². The van der Waals surface area contributed by atoms with Gasteiger partial charge in [-0.25, -0.2) is 4.99 Å². The minimum atomic E-state index is -3.07. The van der Waals surface area contributed by atoms with Gasteiger partial charge in [-0.15, -0.1) is 0 Å². The van der Waals surface area contributed by atoms with Crippen molar-refractivity contribution >= 4 is 95.3 Å². The maximum absolute atomic E-state index is 6.09. The molecule has 0 fully saturated rings. The van der Waals surface area contributed by atoms with Gasteiger partial charge in [0.05, 0.1) is 11.1 Å². The molecule has 1 aliphatic heterocycles. The minimum Gasteiger partial charge on any atom is -0.293 e. The van der Waals surface area contributed by atoms with Crippen molar-refractivity contribution in [1.29, 1.82) is 0 Å². The van der Waals surface area contributed by atoms with Crippen LogP contribution in [0.25, 0.3) is 0 Å². The molecule has 2 nitrogen and oxygen atoms in total. The quantitative estimate of drug-likeness (QED) is 0.105. The van der Waals surface area contributed by atoms with E-state index in [0.717, 1.165) is 17.2 Å². The predicted molar refractivity (Wildman–Crippen MR) is 311 cm³/mol. The molecule has 0 saturated carbocycles. The molecule has 0 spiro atoms. The summed E-state index contributed by atoms with van der Waals surface area (Å²) in [5, 5.41) is 13.2. The Morgan fingerprint density at radius 3 is 0.943 bits per heavy atom. The highest BCUT2D eigenvalue weighted by atomic mass is 31.2. The highest BCUT2D eigenvalue weighted by Crippen LogP contribution is 2.74. The molecular weight excluding hydrogens is 921 g/mol. The van der Waals surface area contributed by atoms with Crippen molar-refractivity contribution in [2.24, 2.45) is 4.99 Å². The molecule has 0 radical (unpaired) electrons. The van der Waals surface area contributed by atoms with E-state index in [4.69, 9.17) is 4.99 Å². The van der Waals surface area contributed by atoms with Crippen LogP contribution in [0.1, 0.15) is 0 Å². The van der Waals surface area contributed by atoms with Crippen LogP contribution in [-0.4, -0.2) is 10.9 Å². The monoisotopic (exact) mass is 970 g/mol. The topological polar surface area (TPSA) is 15.6 Å². The Morgan fingerprint density at radius 1 is 0.314 bits per heavy atom. The van der Waals surface area contributed by atoms with Gasteiger partial charge >= 0.3 is 0 Å². The van der Waals surface area contributed by atoms with Crippen LogP contribution in [0.4, 0.5) is 11.4 Å². The van der Waals surface area contributed by atoms with E-state index < -0.39 is 30.7 Å². The van der Waals surface area contributed by atoms with Crippen molar-refractivity contribution in [2.75, 3.05) is 4.90 Å². The second-order valence-corrected chi connectivity index (χ2v) is 27.2. The molecule has 0 unspecified atom stereocenters. The average Bonchev–Trinajstić information content (AvgIpc) is 3.73. The van der Waals surface area contributed by atoms with Gasteiger partial charge in [-0.1, -0.05) is 279 Å². The Kier molecular flexibility index (Phi) is 13.8. The number of aliphatic imine (C=N–C) groups is 1. The Bertz CT molecular complexity index is 3150. The summed E-state index contributed by atoms with van der Waals surface area (Å²) in [7, 11) is -3.79. The summed E-state index contributed by atoms with van der Waals surface area (Å²) >= 11 is 0. The standard InChI is InChI=1S/C64H50N2P4/c1-11-31-51(32-12-1)65-61-64(69(57-43-23-7-24-44-57)58-45-25-8-26-46-58)70(59-47-27-9-28-48-59,60-49-29-10-30-50-60)62(66(61)52-33-13-2-14-34-52)63(67(53-35-15-3-16-36-53)54-37-17-4-18-38-54)68(55-39-19-5-20-40-55)56-41-21-6-22-42-56/h1-50H. The lowest BCUT2D eigenvalue weighted by molar-refractivity contribution is 1.32. The first-order chi connectivity index (χ1) is 34.8. The van der Waals surface area contributed by atoms with E-state index in [0.29, 0.717) is 0 Å². The van der Waals surface area contributed by atoms with Gasteiger partial charge in [0, 0.05) is 22.7 Å². The van der Waals surface area contributed by atoms with Gasteiger partial charge in [-0.2, -0.15) is 0 Å². The van der Waals surface area contributed by atoms with Crippen LogP contribution in [0.15, 0.2) is 319 Å². The fraction of sp³-hybridized carbons (Fsp3) is 0. The lowest BCUT2D eigenvalue weighted by Crippen LogP contribution is -2.33. The fourth-order valence-electron chi connectivity index (χ4n) is 9.53. The largest absolute Gasteiger partial charge is 0.293 e. The van der Waals surface area contributed by atoms with E-state index in [1.807, 2.05) is 0 Å². The number of benzene rings is 10. The van der Waals surface area contributed by atoms with Crippen LogP contribution < -0.4 is 47.3 Å². The van der Waals surface area contributed by atoms with Crippen molar-refractivity contribution in [2.45, 2.75) is 0 Å². The van der Waals surface area contributed by atoms with Crippen molar-refractivity contribution < 1.29 is 0 Å². The number of hydrogen-bond acceptors (Lipinski definition) is 1. The van der Waals surface area contributed by atoms with Crippen LogP contribution in [0.3, 0.4) is 0 Å². The van der Waals surface area contributed by atoms with E-state index >= 15 is 0 Å². The Labute approximate surface area is 416 Å². The van der Waals surface area contributed by atoms with Gasteiger partial charge in [-0.05, 0) is 90.5 Å². The van der Waals surface area contributed by atoms with Crippen LogP contribution in [0, 0.1) is 0 Å². The van der Waals surface area contributed by atoms with Gasteiger partial charge in [0.25, 0.3) is 0 Å². The van der Waals surface area contributed by atoms with Crippen molar-refractivity contribution in [3.63, 3.8) is 0 Å². The smallest absolute Gasteiger partial charge is 0.147 e. The third-order valence-electron chi connectivity index (χ3n) is 12.5. The summed E-state index contributed by atoms with van der Waals surface area (Å²) in [6.45, 7) is -3.07. The molecule has 0 atom stereocenters. The molecule has 10 aromatic rings. The molecular formula is C64H50N2P4. The third-order valence-corrected chi connectivity index (χ3v) is 26.3. The van der Waals surface area contributed by atoms with Crippen LogP contribution in [-0.2, 0) is 0 Å². The van der Waals surface area contributed by atoms with E-state index in [-0.39, 0.29) is 0 Å². The third kappa shape index (κ3) is 8.91. The Hall–Kier alpha value is -7.00. The summed E-state index contributed by atoms with van der Waals surface area (Å²) < 4.78 is 0. The molecule has 70 heavy (non-hydrogen) atoms. The number of anilines is 1. The molecule has 1 heterocycles. The Morgan fingerprint density at radius 2 is 0.600 bits per heavy atom. The zero-order valence-electron chi connectivity index (χ0n) is 38.6. The van der Waals surface area contributed by atoms with Crippen LogP contribution >= 0.6 is 30.7 Å². The summed E-state index contributed by atoms with van der Waals surface area (Å²) in [5.41, 5.74) is 3.33. The number of hydrogen-bond donors (Lipinski definition) is 0. The summed E-state index contributed by atoms with van der Waals surface area (Å²) in [6.07, 6.45) is 0. The second kappa shape index (κ2) is 21.3. The fourth-order valence-corrected chi connectivity index (χ4v) is 26.2. The molecule has 0 N–H and O–H groups in total. The Balaban J connectivity index is 1.50. The first kappa shape index (κ1) is 45.4. The number of amidine groups is 1. The minimum absolute atomic E-state index is 0.913. The van der Waals surface area contributed by atoms with Gasteiger partial charge in [0.15, 0.2) is 0 Å². The molecule has 0 aromatic heterocycles. The molecule has 6 heteroatoms.